The van der Waals surface area contributed by atoms with E-state index in [1.54, 1.807) is 13.8 Å². The third kappa shape index (κ3) is 6.27. The molecule has 2 unspecified atom stereocenters. The van der Waals surface area contributed by atoms with Crippen LogP contribution in [0.2, 0.25) is 0 Å². The van der Waals surface area contributed by atoms with E-state index in [0.29, 0.717) is 24.2 Å². The van der Waals surface area contributed by atoms with Crippen molar-refractivity contribution >= 4 is 17.7 Å². The van der Waals surface area contributed by atoms with Crippen molar-refractivity contribution in [3.05, 3.63) is 47.0 Å². The molecular weight excluding hydrogens is 664 g/mol. The lowest BCUT2D eigenvalue weighted by molar-refractivity contribution is -0.302. The summed E-state index contributed by atoms with van der Waals surface area (Å²) >= 11 is 0. The van der Waals surface area contributed by atoms with E-state index in [1.165, 1.54) is 0 Å². The van der Waals surface area contributed by atoms with E-state index in [9.17, 15) is 29.7 Å². The standard InChI is InChI=1S/C41H60N2O9/c1-24(27-13-10-9-11-14-27)34(52-31(45)15-12-16-43-19-17-42(8)18-20-43)37(48)51-28-22-41(49)26(3)35-39(6)23-50-30(39)21-29(44)40(35,7)36(47)33(46)32(25(28)2)38(41,4)5/h9-11,13-14,24,26,28-30,33-35,44,46,49H,12,15-23H2,1-8H3/t24-,26?,28-,29-,30+,33+,34+,35?,39+,40+,41+/m0/s1. The number of fused-ring (bicyclic) bond motifs is 5. The molecule has 4 fully saturated rings. The first kappa shape index (κ1) is 39.0. The third-order valence-electron chi connectivity index (χ3n) is 14.3. The second-order valence-corrected chi connectivity index (χ2v) is 17.5. The molecule has 0 amide bonds. The second-order valence-electron chi connectivity index (χ2n) is 17.5. The predicted octanol–water partition coefficient (Wildman–Crippen LogP) is 3.49. The van der Waals surface area contributed by atoms with Gasteiger partial charge < -0.3 is 39.3 Å². The molecule has 2 heterocycles. The maximum absolute atomic E-state index is 14.5. The highest BCUT2D eigenvalue weighted by molar-refractivity contribution is 5.93. The quantitative estimate of drug-likeness (QED) is 0.254. The Bertz CT molecular complexity index is 1560. The molecule has 2 saturated carbocycles. The van der Waals surface area contributed by atoms with Crippen molar-refractivity contribution in [2.75, 3.05) is 46.4 Å². The Hall–Kier alpha value is -2.67. The average Bonchev–Trinajstić information content (AvgIpc) is 3.10. The van der Waals surface area contributed by atoms with Gasteiger partial charge in [-0.05, 0) is 62.4 Å². The Morgan fingerprint density at radius 3 is 2.33 bits per heavy atom. The van der Waals surface area contributed by atoms with Gasteiger partial charge >= 0.3 is 11.9 Å². The summed E-state index contributed by atoms with van der Waals surface area (Å²) in [6, 6.07) is 9.35. The van der Waals surface area contributed by atoms with Gasteiger partial charge in [-0.25, -0.2) is 4.79 Å². The van der Waals surface area contributed by atoms with E-state index in [-0.39, 0.29) is 25.4 Å². The van der Waals surface area contributed by atoms with E-state index >= 15 is 0 Å². The van der Waals surface area contributed by atoms with Crippen LogP contribution in [-0.2, 0) is 28.6 Å². The number of Topliss-reactive ketones (excluding diaryl/α,β-unsaturated/α-hetero) is 1. The minimum atomic E-state index is -1.64. The van der Waals surface area contributed by atoms with E-state index in [1.807, 2.05) is 65.0 Å². The fraction of sp³-hybridized carbons (Fsp3) is 0.732. The number of esters is 2. The molecule has 0 aromatic heterocycles. The summed E-state index contributed by atoms with van der Waals surface area (Å²) in [5.41, 5.74) is -2.96. The molecule has 5 aliphatic rings. The zero-order valence-corrected chi connectivity index (χ0v) is 32.3. The van der Waals surface area contributed by atoms with Crippen LogP contribution >= 0.6 is 0 Å². The first-order valence-electron chi connectivity index (χ1n) is 19.2. The lowest BCUT2D eigenvalue weighted by Crippen LogP contribution is -2.75. The molecule has 11 heteroatoms. The number of benzene rings is 1. The minimum Gasteiger partial charge on any atom is -0.455 e. The molecule has 0 spiro atoms. The number of hydrogen-bond donors (Lipinski definition) is 3. The molecule has 6 rings (SSSR count). The number of aliphatic hydroxyl groups excluding tert-OH is 2. The highest BCUT2D eigenvalue weighted by Crippen LogP contribution is 2.66. The molecule has 11 atom stereocenters. The molecular formula is C41H60N2O9. The van der Waals surface area contributed by atoms with Crippen LogP contribution in [0.4, 0.5) is 0 Å². The second kappa shape index (κ2) is 14.2. The van der Waals surface area contributed by atoms with E-state index < -0.39 is 81.7 Å². The van der Waals surface area contributed by atoms with Crippen molar-refractivity contribution in [1.29, 1.82) is 0 Å². The van der Waals surface area contributed by atoms with Crippen molar-refractivity contribution in [1.82, 2.24) is 9.80 Å². The van der Waals surface area contributed by atoms with Gasteiger partial charge in [0, 0.05) is 62.2 Å². The number of hydrogen-bond acceptors (Lipinski definition) is 11. The number of carbonyl (C=O) groups is 3. The summed E-state index contributed by atoms with van der Waals surface area (Å²) in [6.45, 7) is 17.9. The van der Waals surface area contributed by atoms with Crippen molar-refractivity contribution in [3.8, 4) is 0 Å². The largest absolute Gasteiger partial charge is 0.455 e. The summed E-state index contributed by atoms with van der Waals surface area (Å²) < 4.78 is 18.1. The summed E-state index contributed by atoms with van der Waals surface area (Å²) in [5, 5.41) is 36.5. The summed E-state index contributed by atoms with van der Waals surface area (Å²) in [6.07, 6.45) is -4.26. The monoisotopic (exact) mass is 724 g/mol. The molecule has 11 nitrogen and oxygen atoms in total. The van der Waals surface area contributed by atoms with Crippen LogP contribution in [0.25, 0.3) is 0 Å². The lowest BCUT2D eigenvalue weighted by atomic mass is 9.40. The number of ketones is 1. The van der Waals surface area contributed by atoms with Gasteiger partial charge in [-0.15, -0.1) is 0 Å². The molecule has 2 bridgehead atoms. The zero-order chi connectivity index (χ0) is 38.0. The van der Waals surface area contributed by atoms with Crippen LogP contribution in [0.15, 0.2) is 41.5 Å². The van der Waals surface area contributed by atoms with E-state index in [4.69, 9.17) is 14.2 Å². The van der Waals surface area contributed by atoms with Crippen LogP contribution in [0.3, 0.4) is 0 Å². The van der Waals surface area contributed by atoms with Gasteiger partial charge in [0.2, 0.25) is 6.10 Å². The number of carbonyl (C=O) groups excluding carboxylic acids is 3. The Morgan fingerprint density at radius 1 is 1.06 bits per heavy atom. The van der Waals surface area contributed by atoms with E-state index in [0.717, 1.165) is 38.3 Å². The first-order chi connectivity index (χ1) is 24.4. The van der Waals surface area contributed by atoms with Crippen LogP contribution in [-0.4, -0.2) is 125 Å². The van der Waals surface area contributed by atoms with Crippen molar-refractivity contribution in [2.45, 2.75) is 116 Å². The number of likely N-dealkylation sites (N-methyl/N-ethyl adjacent to an activating group) is 1. The Morgan fingerprint density at radius 2 is 1.71 bits per heavy atom. The highest BCUT2D eigenvalue weighted by Gasteiger charge is 2.73. The van der Waals surface area contributed by atoms with Gasteiger partial charge in [0.1, 0.15) is 12.2 Å². The first-order valence-corrected chi connectivity index (χ1v) is 19.2. The van der Waals surface area contributed by atoms with Gasteiger partial charge in [-0.3, -0.25) is 9.59 Å². The summed E-state index contributed by atoms with van der Waals surface area (Å²) in [5.74, 6) is -3.39. The third-order valence-corrected chi connectivity index (χ3v) is 14.3. The van der Waals surface area contributed by atoms with E-state index in [2.05, 4.69) is 16.8 Å². The van der Waals surface area contributed by atoms with Gasteiger partial charge in [0.25, 0.3) is 0 Å². The highest BCUT2D eigenvalue weighted by atomic mass is 16.6. The van der Waals surface area contributed by atoms with Crippen molar-refractivity contribution < 1.29 is 43.9 Å². The Balaban J connectivity index is 1.29. The summed E-state index contributed by atoms with van der Waals surface area (Å²) in [7, 11) is 2.10. The van der Waals surface area contributed by atoms with Gasteiger partial charge in [0.05, 0.1) is 29.8 Å². The lowest BCUT2D eigenvalue weighted by Gasteiger charge is -2.68. The SMILES string of the molecule is CC1=C2[C@@H](O)C(=O)[C@@]3(C)C(C(C)[C@](O)(C[C@@H]1OC(=O)[C@H](OC(=O)CCCN1CCN(C)CC1)[C@@H](C)c1ccccc1)C2(C)C)[C@]1(C)CO[C@@H]1C[C@@H]3O. The van der Waals surface area contributed by atoms with Crippen LogP contribution in [0.5, 0.6) is 0 Å². The molecule has 288 valence electrons. The number of nitrogens with zero attached hydrogens (tertiary/aromatic N) is 2. The van der Waals surface area contributed by atoms with Crippen LogP contribution < -0.4 is 0 Å². The van der Waals surface area contributed by atoms with Gasteiger partial charge in [-0.2, -0.15) is 0 Å². The smallest absolute Gasteiger partial charge is 0.348 e. The Kier molecular flexibility index (Phi) is 10.7. The van der Waals surface area contributed by atoms with Crippen molar-refractivity contribution in [3.63, 3.8) is 0 Å². The molecule has 2 aliphatic heterocycles. The summed E-state index contributed by atoms with van der Waals surface area (Å²) in [4.78, 5) is 46.8. The van der Waals surface area contributed by atoms with Gasteiger partial charge in [0.15, 0.2) is 5.78 Å². The van der Waals surface area contributed by atoms with Crippen molar-refractivity contribution in [2.24, 2.45) is 28.1 Å². The molecule has 52 heavy (non-hydrogen) atoms. The number of aliphatic hydroxyl groups is 3. The molecule has 1 aromatic carbocycles. The minimum absolute atomic E-state index is 0.00115. The predicted molar refractivity (Wildman–Crippen MR) is 194 cm³/mol. The fourth-order valence-electron chi connectivity index (χ4n) is 10.8. The average molecular weight is 725 g/mol. The molecule has 2 saturated heterocycles. The number of ether oxygens (including phenoxy) is 3. The normalized spacial score (nSPS) is 38.9. The molecule has 3 aliphatic carbocycles. The number of rotatable bonds is 9. The zero-order valence-electron chi connectivity index (χ0n) is 32.3. The maximum Gasteiger partial charge on any atom is 0.348 e. The maximum atomic E-state index is 14.5. The molecule has 1 aromatic rings. The van der Waals surface area contributed by atoms with Crippen LogP contribution in [0, 0.1) is 28.1 Å². The van der Waals surface area contributed by atoms with Gasteiger partial charge in [-0.1, -0.05) is 65.0 Å². The van der Waals surface area contributed by atoms with Crippen LogP contribution in [0.1, 0.15) is 85.6 Å². The topological polar surface area (TPSA) is 146 Å². The fourth-order valence-corrected chi connectivity index (χ4v) is 10.8. The Labute approximate surface area is 308 Å². The number of piperazine rings is 1. The molecule has 3 N–H and O–H groups in total. The molecule has 0 radical (unpaired) electrons.